The van der Waals surface area contributed by atoms with Crippen molar-refractivity contribution in [3.63, 3.8) is 0 Å². The van der Waals surface area contributed by atoms with Crippen LogP contribution >= 0.6 is 0 Å². The number of anilines is 1. The summed E-state index contributed by atoms with van der Waals surface area (Å²) in [6.45, 7) is 15.5. The Hall–Kier alpha value is -6.35. The number of fused-ring (bicyclic) bond motifs is 2. The van der Waals surface area contributed by atoms with E-state index in [1.807, 2.05) is 32.2 Å². The topological polar surface area (TPSA) is 190 Å². The largest absolute Gasteiger partial charge is 0.457 e. The first-order valence-electron chi connectivity index (χ1n) is 21.9. The minimum Gasteiger partial charge on any atom is -0.457 e. The van der Waals surface area contributed by atoms with E-state index in [9.17, 15) is 24.0 Å². The summed E-state index contributed by atoms with van der Waals surface area (Å²) >= 11 is 0. The number of hydrogen-bond acceptors (Lipinski definition) is 11. The van der Waals surface area contributed by atoms with E-state index in [2.05, 4.69) is 38.0 Å². The summed E-state index contributed by atoms with van der Waals surface area (Å²) in [5.41, 5.74) is 8.73. The molecular formula is C49H51FN10O6Y-2. The Kier molecular flexibility index (Phi) is 17.1. The van der Waals surface area contributed by atoms with Gasteiger partial charge in [-0.15, -0.1) is 5.56 Å². The summed E-state index contributed by atoms with van der Waals surface area (Å²) in [6.07, 6.45) is 6.95. The van der Waals surface area contributed by atoms with Gasteiger partial charge in [-0.3, -0.25) is 19.2 Å². The predicted molar refractivity (Wildman–Crippen MR) is 244 cm³/mol. The van der Waals surface area contributed by atoms with E-state index in [1.54, 1.807) is 63.0 Å². The van der Waals surface area contributed by atoms with Crippen LogP contribution in [0.15, 0.2) is 84.8 Å². The van der Waals surface area contributed by atoms with Crippen LogP contribution in [-0.2, 0) is 65.0 Å². The fraction of sp³-hybridized carbons (Fsp3) is 0.347. The van der Waals surface area contributed by atoms with E-state index < -0.39 is 11.9 Å². The molecule has 345 valence electrons. The van der Waals surface area contributed by atoms with Crippen molar-refractivity contribution >= 4 is 46.1 Å². The molecule has 8 rings (SSSR count). The minimum atomic E-state index is -0.549. The van der Waals surface area contributed by atoms with Gasteiger partial charge in [-0.05, 0) is 76.9 Å². The molecule has 3 amide bonds. The van der Waals surface area contributed by atoms with Gasteiger partial charge in [0.25, 0.3) is 5.91 Å². The van der Waals surface area contributed by atoms with Crippen molar-refractivity contribution in [2.24, 2.45) is 0 Å². The Balaban J connectivity index is 0.000000323. The number of aromatic nitrogens is 4. The number of nitrogens with one attached hydrogen (secondary N) is 1. The van der Waals surface area contributed by atoms with Crippen LogP contribution in [0.2, 0.25) is 0 Å². The molecule has 3 N–H and O–H groups in total. The first-order valence-corrected chi connectivity index (χ1v) is 21.9. The number of nitrogens with zero attached hydrogens (tertiary/aromatic N) is 8. The second kappa shape index (κ2) is 22.9. The van der Waals surface area contributed by atoms with Crippen molar-refractivity contribution in [1.29, 1.82) is 0 Å². The smallest absolute Gasteiger partial charge is 0.252 e. The summed E-state index contributed by atoms with van der Waals surface area (Å²) in [7, 11) is 1.94. The van der Waals surface area contributed by atoms with Crippen molar-refractivity contribution in [3.05, 3.63) is 126 Å². The Bertz CT molecular complexity index is 2710. The van der Waals surface area contributed by atoms with E-state index in [0.717, 1.165) is 31.4 Å². The van der Waals surface area contributed by atoms with Gasteiger partial charge in [-0.1, -0.05) is 29.8 Å². The molecule has 2 unspecified atom stereocenters. The van der Waals surface area contributed by atoms with Gasteiger partial charge in [0.05, 0.1) is 42.9 Å². The molecule has 67 heavy (non-hydrogen) atoms. The molecule has 1 saturated heterocycles. The summed E-state index contributed by atoms with van der Waals surface area (Å²) in [5.74, 6) is -0.378. The number of unbranched alkanes of at least 4 members (excludes halogenated alkanes) is 1. The molecule has 2 aromatic heterocycles. The van der Waals surface area contributed by atoms with E-state index in [-0.39, 0.29) is 110 Å². The maximum absolute atomic E-state index is 15.6. The normalized spacial score (nSPS) is 17.4. The number of halogens is 1. The third kappa shape index (κ3) is 12.0. The number of hydrogen-bond donors (Lipinski definition) is 2. The molecule has 0 bridgehead atoms. The van der Waals surface area contributed by atoms with Crippen LogP contribution in [0.5, 0.6) is 11.5 Å². The fourth-order valence-corrected chi connectivity index (χ4v) is 8.43. The van der Waals surface area contributed by atoms with Gasteiger partial charge in [0.15, 0.2) is 17.3 Å². The molecule has 18 heteroatoms. The molecule has 1 radical (unpaired) electrons. The number of likely N-dealkylation sites (N-methyl/N-ethyl adjacent to an activating group) is 1. The SMILES string of the molecule is O=C1CCC(N2Cc3[c-]cccc3C2=O)C(=O)C1.[C-]#[N+]/C(=C\C(C)N(C)CCCCNC([CH2-])=O)C(=O)N1CCC[C@H]1Cn1nc(-c2ccc(Oc3ccccc3)cc2F)c2c(N)ncnc21.[Y]. The number of nitrogens with two attached hydrogens (primary N) is 1. The number of benzene rings is 3. The third-order valence-electron chi connectivity index (χ3n) is 12.0. The summed E-state index contributed by atoms with van der Waals surface area (Å²) in [6, 6.07) is 21.1. The first kappa shape index (κ1) is 50.1. The number of amides is 3. The Morgan fingerprint density at radius 1 is 1.09 bits per heavy atom. The van der Waals surface area contributed by atoms with E-state index in [4.69, 9.17) is 22.1 Å². The quantitative estimate of drug-likeness (QED) is 0.0576. The zero-order valence-electron chi connectivity index (χ0n) is 37.5. The zero-order valence-corrected chi connectivity index (χ0v) is 40.3. The molecule has 5 aromatic rings. The first-order chi connectivity index (χ1) is 31.8. The fourth-order valence-electron chi connectivity index (χ4n) is 8.43. The van der Waals surface area contributed by atoms with Crippen LogP contribution in [0.25, 0.3) is 27.1 Å². The van der Waals surface area contributed by atoms with Gasteiger partial charge in [0, 0.05) is 76.4 Å². The Morgan fingerprint density at radius 3 is 2.60 bits per heavy atom. The van der Waals surface area contributed by atoms with Crippen molar-refractivity contribution < 1.29 is 65.8 Å². The van der Waals surface area contributed by atoms with Crippen LogP contribution in [0.4, 0.5) is 10.2 Å². The van der Waals surface area contributed by atoms with Gasteiger partial charge in [-0.25, -0.2) is 23.9 Å². The Morgan fingerprint density at radius 2 is 1.88 bits per heavy atom. The second-order valence-corrected chi connectivity index (χ2v) is 16.5. The number of likely N-dealkylation sites (tertiary alicyclic amines) is 1. The molecule has 3 aromatic carbocycles. The molecule has 2 aliphatic heterocycles. The molecule has 3 aliphatic rings. The molecule has 1 aliphatic carbocycles. The van der Waals surface area contributed by atoms with Gasteiger partial charge in [0.2, 0.25) is 5.70 Å². The van der Waals surface area contributed by atoms with Crippen LogP contribution in [0.1, 0.15) is 67.8 Å². The van der Waals surface area contributed by atoms with Crippen LogP contribution in [0.3, 0.4) is 0 Å². The van der Waals surface area contributed by atoms with Gasteiger partial charge >= 0.3 is 0 Å². The summed E-state index contributed by atoms with van der Waals surface area (Å²) < 4.78 is 23.0. The van der Waals surface area contributed by atoms with Crippen molar-refractivity contribution in [3.8, 4) is 22.8 Å². The number of para-hydroxylation sites is 1. The maximum atomic E-state index is 15.6. The van der Waals surface area contributed by atoms with Gasteiger partial charge < -0.3 is 42.2 Å². The van der Waals surface area contributed by atoms with Gasteiger partial charge in [0.1, 0.15) is 40.9 Å². The Labute approximate surface area is 413 Å². The van der Waals surface area contributed by atoms with E-state index >= 15 is 4.39 Å². The number of nitrogen functional groups attached to an aromatic ring is 1. The molecule has 0 spiro atoms. The van der Waals surface area contributed by atoms with Crippen LogP contribution in [0, 0.1) is 25.4 Å². The monoisotopic (exact) mass is 983 g/mol. The van der Waals surface area contributed by atoms with Crippen molar-refractivity contribution in [2.75, 3.05) is 32.4 Å². The number of ketones is 2. The summed E-state index contributed by atoms with van der Waals surface area (Å²) in [5, 5.41) is 7.84. The third-order valence-corrected chi connectivity index (χ3v) is 12.0. The van der Waals surface area contributed by atoms with Gasteiger partial charge in [-0.2, -0.15) is 29.4 Å². The van der Waals surface area contributed by atoms with Crippen molar-refractivity contribution in [1.82, 2.24) is 39.8 Å². The molecule has 16 nitrogen and oxygen atoms in total. The standard InChI is InChI=1S/C35H39FN9O3.C14H12NO3.Y/c1-23(43(4)17-9-8-16-39-24(2)46)19-30(38-3)35(47)44-18-10-11-25(44)21-45-34-31(33(37)40-22-41-34)32(42-45)28-15-14-27(20-29(28)36)48-26-12-6-5-7-13-26;16-10-5-6-12(13(17)7-10)15-8-9-3-1-2-4-11(9)14(15)18;/h5-7,12-15,19-20,22-23,25H,2,8-11,16-18,21H2,1,4H3,(H,39,46)(H2,37,40,41);1-2,4,12H,5-8H2;/q2*-1;/b30-19-;;/t23?,25-;;/m0../s1. The molecule has 3 atom stereocenters. The maximum Gasteiger partial charge on any atom is 0.252 e. The number of carbonyl (C=O) groups excluding carboxylic acids is 5. The zero-order chi connectivity index (χ0) is 46.9. The minimum absolute atomic E-state index is 0. The number of carbonyl (C=O) groups is 5. The molecular weight excluding hydrogens is 933 g/mol. The van der Waals surface area contributed by atoms with Crippen LogP contribution < -0.4 is 15.8 Å². The van der Waals surface area contributed by atoms with E-state index in [0.29, 0.717) is 67.0 Å². The molecule has 2 fully saturated rings. The predicted octanol–water partition coefficient (Wildman–Crippen LogP) is 5.98. The second-order valence-electron chi connectivity index (χ2n) is 16.5. The summed E-state index contributed by atoms with van der Waals surface area (Å²) in [4.78, 5) is 77.4. The average Bonchev–Trinajstić information content (AvgIpc) is 4.02. The molecule has 4 heterocycles. The average molecular weight is 984 g/mol. The molecule has 1 saturated carbocycles. The number of Topliss-reactive ketones (excluding diaryl/α,β-unsaturated/α-hetero) is 2. The van der Waals surface area contributed by atoms with Crippen molar-refractivity contribution in [2.45, 2.75) is 83.1 Å². The number of ether oxygens (including phenoxy) is 1. The number of rotatable bonds is 14. The van der Waals surface area contributed by atoms with E-state index in [1.165, 1.54) is 12.4 Å². The van der Waals surface area contributed by atoms with Crippen LogP contribution in [-0.4, -0.2) is 109 Å².